The second kappa shape index (κ2) is 6.26. The summed E-state index contributed by atoms with van der Waals surface area (Å²) in [4.78, 5) is 11.6. The maximum Gasteiger partial charge on any atom is 0.198 e. The van der Waals surface area contributed by atoms with Crippen LogP contribution in [0.4, 0.5) is 11.4 Å². The molecule has 118 valence electrons. The standard InChI is InChI=1S/C16H16ClN5O/c1-11-8-12(6-7-14(11)18)9-21-16(10-23)22(20-19-21)15-5-3-2-4-13(15)17/h2-8,10,16H,9,18H2,1H3. The molecule has 1 atom stereocenters. The van der Waals surface area contributed by atoms with E-state index in [1.165, 1.54) is 5.01 Å². The van der Waals surface area contributed by atoms with E-state index in [2.05, 4.69) is 10.4 Å². The molecule has 1 aliphatic rings. The predicted octanol–water partition coefficient (Wildman–Crippen LogP) is 3.36. The van der Waals surface area contributed by atoms with Gasteiger partial charge >= 0.3 is 0 Å². The van der Waals surface area contributed by atoms with E-state index >= 15 is 0 Å². The Bertz CT molecular complexity index is 764. The van der Waals surface area contributed by atoms with E-state index in [9.17, 15) is 4.79 Å². The molecule has 1 heterocycles. The van der Waals surface area contributed by atoms with E-state index in [0.29, 0.717) is 17.3 Å². The summed E-state index contributed by atoms with van der Waals surface area (Å²) in [5.74, 6) is 0. The third kappa shape index (κ3) is 2.98. The average Bonchev–Trinajstić information content (AvgIpc) is 2.94. The fourth-order valence-corrected chi connectivity index (χ4v) is 2.65. The van der Waals surface area contributed by atoms with Crippen LogP contribution in [0.5, 0.6) is 0 Å². The Morgan fingerprint density at radius 1 is 1.26 bits per heavy atom. The maximum atomic E-state index is 11.6. The molecule has 0 aliphatic carbocycles. The second-order valence-electron chi connectivity index (χ2n) is 5.31. The minimum Gasteiger partial charge on any atom is -0.399 e. The summed E-state index contributed by atoms with van der Waals surface area (Å²) in [5.41, 5.74) is 9.21. The van der Waals surface area contributed by atoms with Crippen LogP contribution < -0.4 is 10.7 Å². The normalized spacial score (nSPS) is 16.9. The van der Waals surface area contributed by atoms with E-state index in [1.54, 1.807) is 17.1 Å². The van der Waals surface area contributed by atoms with Crippen molar-refractivity contribution in [2.75, 3.05) is 10.7 Å². The Morgan fingerprint density at radius 2 is 2.04 bits per heavy atom. The summed E-state index contributed by atoms with van der Waals surface area (Å²) in [6.07, 6.45) is 0.167. The number of hydrogen-bond acceptors (Lipinski definition) is 6. The number of hydrogen-bond donors (Lipinski definition) is 1. The lowest BCUT2D eigenvalue weighted by molar-refractivity contribution is -0.111. The van der Waals surface area contributed by atoms with Gasteiger partial charge in [0.25, 0.3) is 0 Å². The Kier molecular flexibility index (Phi) is 4.16. The summed E-state index contributed by atoms with van der Waals surface area (Å²) in [6.45, 7) is 2.40. The van der Waals surface area contributed by atoms with Crippen molar-refractivity contribution in [3.05, 3.63) is 58.6 Å². The molecule has 2 aromatic carbocycles. The number of halogens is 1. The van der Waals surface area contributed by atoms with E-state index in [0.717, 1.165) is 23.1 Å². The smallest absolute Gasteiger partial charge is 0.198 e. The van der Waals surface area contributed by atoms with E-state index < -0.39 is 6.17 Å². The van der Waals surface area contributed by atoms with Crippen LogP contribution >= 0.6 is 11.6 Å². The van der Waals surface area contributed by atoms with Crippen LogP contribution in [0, 0.1) is 6.92 Å². The first kappa shape index (κ1) is 15.3. The molecule has 0 fully saturated rings. The van der Waals surface area contributed by atoms with Crippen molar-refractivity contribution in [2.45, 2.75) is 19.6 Å². The van der Waals surface area contributed by atoms with Gasteiger partial charge in [-0.2, -0.15) is 0 Å². The fraction of sp³-hybridized carbons (Fsp3) is 0.188. The number of nitrogen functional groups attached to an aromatic ring is 1. The summed E-state index contributed by atoms with van der Waals surface area (Å²) in [7, 11) is 0. The molecule has 0 bridgehead atoms. The van der Waals surface area contributed by atoms with E-state index in [-0.39, 0.29) is 0 Å². The van der Waals surface area contributed by atoms with Gasteiger partial charge in [0.1, 0.15) is 0 Å². The number of benzene rings is 2. The van der Waals surface area contributed by atoms with Crippen LogP contribution in [0.25, 0.3) is 0 Å². The minimum absolute atomic E-state index is 0.453. The van der Waals surface area contributed by atoms with Crippen LogP contribution in [-0.4, -0.2) is 17.5 Å². The lowest BCUT2D eigenvalue weighted by Crippen LogP contribution is -2.39. The number of aldehydes is 1. The number of aryl methyl sites for hydroxylation is 1. The molecule has 0 aromatic heterocycles. The van der Waals surface area contributed by atoms with Crippen molar-refractivity contribution in [1.29, 1.82) is 0 Å². The van der Waals surface area contributed by atoms with Gasteiger partial charge in [-0.05, 0) is 41.5 Å². The number of anilines is 2. The zero-order chi connectivity index (χ0) is 16.4. The summed E-state index contributed by atoms with van der Waals surface area (Å²) in [5, 5.41) is 11.8. The Balaban J connectivity index is 1.82. The largest absolute Gasteiger partial charge is 0.399 e. The number of para-hydroxylation sites is 1. The molecule has 2 aromatic rings. The summed E-state index contributed by atoms with van der Waals surface area (Å²) < 4.78 is 0. The van der Waals surface area contributed by atoms with Crippen LogP contribution in [0.2, 0.25) is 5.02 Å². The highest BCUT2D eigenvalue weighted by Crippen LogP contribution is 2.31. The number of carbonyl (C=O) groups is 1. The van der Waals surface area contributed by atoms with Crippen molar-refractivity contribution < 1.29 is 4.79 Å². The van der Waals surface area contributed by atoms with Gasteiger partial charge in [0.2, 0.25) is 0 Å². The number of carbonyl (C=O) groups excluding carboxylic acids is 1. The molecule has 0 spiro atoms. The molecule has 2 N–H and O–H groups in total. The second-order valence-corrected chi connectivity index (χ2v) is 5.72. The third-order valence-electron chi connectivity index (χ3n) is 3.71. The first-order valence-corrected chi connectivity index (χ1v) is 7.50. The van der Waals surface area contributed by atoms with Gasteiger partial charge < -0.3 is 5.73 Å². The molecule has 3 rings (SSSR count). The minimum atomic E-state index is -0.632. The predicted molar refractivity (Wildman–Crippen MR) is 89.8 cm³/mol. The van der Waals surface area contributed by atoms with E-state index in [4.69, 9.17) is 17.3 Å². The molecule has 1 unspecified atom stereocenters. The highest BCUT2D eigenvalue weighted by molar-refractivity contribution is 6.33. The van der Waals surface area contributed by atoms with Crippen molar-refractivity contribution in [2.24, 2.45) is 10.4 Å². The van der Waals surface area contributed by atoms with Gasteiger partial charge in [-0.25, -0.2) is 10.0 Å². The van der Waals surface area contributed by atoms with Crippen molar-refractivity contribution in [3.63, 3.8) is 0 Å². The Labute approximate surface area is 139 Å². The van der Waals surface area contributed by atoms with Crippen LogP contribution in [0.15, 0.2) is 52.9 Å². The van der Waals surface area contributed by atoms with Gasteiger partial charge in [-0.3, -0.25) is 4.79 Å². The molecule has 23 heavy (non-hydrogen) atoms. The van der Waals surface area contributed by atoms with Gasteiger partial charge in [-0.15, -0.1) is 0 Å². The Morgan fingerprint density at radius 3 is 2.74 bits per heavy atom. The highest BCUT2D eigenvalue weighted by Gasteiger charge is 2.31. The average molecular weight is 330 g/mol. The fourth-order valence-electron chi connectivity index (χ4n) is 2.43. The number of nitrogens with two attached hydrogens (primary N) is 1. The molecule has 7 heteroatoms. The van der Waals surface area contributed by atoms with Gasteiger partial charge in [0, 0.05) is 5.69 Å². The number of rotatable bonds is 4. The quantitative estimate of drug-likeness (QED) is 0.689. The van der Waals surface area contributed by atoms with Crippen molar-refractivity contribution in [1.82, 2.24) is 5.01 Å². The summed E-state index contributed by atoms with van der Waals surface area (Å²) >= 11 is 6.18. The van der Waals surface area contributed by atoms with Gasteiger partial charge in [0.15, 0.2) is 12.5 Å². The van der Waals surface area contributed by atoms with Crippen molar-refractivity contribution >= 4 is 29.3 Å². The lowest BCUT2D eigenvalue weighted by Gasteiger charge is -2.24. The van der Waals surface area contributed by atoms with Gasteiger partial charge in [0.05, 0.1) is 17.3 Å². The van der Waals surface area contributed by atoms with Crippen LogP contribution in [0.3, 0.4) is 0 Å². The third-order valence-corrected chi connectivity index (χ3v) is 4.03. The number of nitrogens with zero attached hydrogens (tertiary/aromatic N) is 4. The molecular weight excluding hydrogens is 314 g/mol. The Hall–Kier alpha value is -2.60. The first-order valence-electron chi connectivity index (χ1n) is 7.12. The highest BCUT2D eigenvalue weighted by atomic mass is 35.5. The maximum absolute atomic E-state index is 11.6. The van der Waals surface area contributed by atoms with Crippen LogP contribution in [-0.2, 0) is 11.3 Å². The van der Waals surface area contributed by atoms with E-state index in [1.807, 2.05) is 37.3 Å². The molecular formula is C16H16ClN5O. The molecule has 1 aliphatic heterocycles. The first-order chi connectivity index (χ1) is 11.1. The summed E-state index contributed by atoms with van der Waals surface area (Å²) in [6, 6.07) is 13.0. The monoisotopic (exact) mass is 329 g/mol. The van der Waals surface area contributed by atoms with Gasteiger partial charge in [-0.1, -0.05) is 41.1 Å². The molecule has 0 amide bonds. The van der Waals surface area contributed by atoms with Crippen LogP contribution in [0.1, 0.15) is 11.1 Å². The zero-order valence-corrected chi connectivity index (χ0v) is 13.3. The zero-order valence-electron chi connectivity index (χ0n) is 12.6. The molecule has 6 nitrogen and oxygen atoms in total. The molecule has 0 saturated carbocycles. The molecule has 0 radical (unpaired) electrons. The topological polar surface area (TPSA) is 74.3 Å². The SMILES string of the molecule is Cc1cc(CN2N=NN(c3ccccc3Cl)C2C=O)ccc1N. The lowest BCUT2D eigenvalue weighted by atomic mass is 10.1. The van der Waals surface area contributed by atoms with Crippen molar-refractivity contribution in [3.8, 4) is 0 Å². The molecule has 0 saturated heterocycles.